The molecule has 0 aromatic heterocycles. The minimum Gasteiger partial charge on any atom is -0.462 e. The first-order valence-electron chi connectivity index (χ1n) is 27.5. The van der Waals surface area contributed by atoms with Crippen molar-refractivity contribution in [2.24, 2.45) is 0 Å². The van der Waals surface area contributed by atoms with Crippen LogP contribution in [0.3, 0.4) is 0 Å². The van der Waals surface area contributed by atoms with E-state index in [1.54, 1.807) is 0 Å². The van der Waals surface area contributed by atoms with Crippen LogP contribution < -0.4 is 0 Å². The van der Waals surface area contributed by atoms with Crippen molar-refractivity contribution in [3.63, 3.8) is 0 Å². The van der Waals surface area contributed by atoms with Gasteiger partial charge < -0.3 is 14.2 Å². The highest BCUT2D eigenvalue weighted by Crippen LogP contribution is 2.17. The lowest BCUT2D eigenvalue weighted by molar-refractivity contribution is -0.167. The van der Waals surface area contributed by atoms with Crippen LogP contribution in [-0.4, -0.2) is 37.2 Å². The minimum atomic E-state index is -0.760. The number of hydrogen-bond acceptors (Lipinski definition) is 6. The first-order chi connectivity index (χ1) is 30.0. The maximum atomic E-state index is 12.8. The van der Waals surface area contributed by atoms with Gasteiger partial charge in [-0.2, -0.15) is 0 Å². The Balaban J connectivity index is 4.28. The van der Waals surface area contributed by atoms with Gasteiger partial charge in [0.15, 0.2) is 6.10 Å². The van der Waals surface area contributed by atoms with E-state index in [9.17, 15) is 14.4 Å². The summed E-state index contributed by atoms with van der Waals surface area (Å²) in [6, 6.07) is 0. The zero-order valence-electron chi connectivity index (χ0n) is 41.5. The van der Waals surface area contributed by atoms with Gasteiger partial charge in [-0.3, -0.25) is 14.4 Å². The smallest absolute Gasteiger partial charge is 0.306 e. The fourth-order valence-electron chi connectivity index (χ4n) is 8.45. The van der Waals surface area contributed by atoms with E-state index in [1.165, 1.54) is 218 Å². The summed E-state index contributed by atoms with van der Waals surface area (Å²) in [6.45, 7) is 6.69. The lowest BCUT2D eigenvalue weighted by Crippen LogP contribution is -2.30. The maximum absolute atomic E-state index is 12.8. The van der Waals surface area contributed by atoms with Crippen molar-refractivity contribution in [3.05, 3.63) is 0 Å². The third-order valence-corrected chi connectivity index (χ3v) is 12.6. The van der Waals surface area contributed by atoms with Gasteiger partial charge in [-0.25, -0.2) is 0 Å². The van der Waals surface area contributed by atoms with Gasteiger partial charge in [-0.1, -0.05) is 278 Å². The van der Waals surface area contributed by atoms with Crippen LogP contribution in [0.5, 0.6) is 0 Å². The third kappa shape index (κ3) is 49.3. The van der Waals surface area contributed by atoms with E-state index in [1.807, 2.05) is 0 Å². The van der Waals surface area contributed by atoms with Crippen molar-refractivity contribution in [1.82, 2.24) is 0 Å². The molecule has 0 aliphatic carbocycles. The topological polar surface area (TPSA) is 78.9 Å². The summed E-state index contributed by atoms with van der Waals surface area (Å²) >= 11 is 0. The van der Waals surface area contributed by atoms with Crippen LogP contribution in [0.4, 0.5) is 0 Å². The number of carbonyl (C=O) groups is 3. The largest absolute Gasteiger partial charge is 0.462 e. The van der Waals surface area contributed by atoms with Crippen LogP contribution in [0.1, 0.15) is 316 Å². The lowest BCUT2D eigenvalue weighted by Gasteiger charge is -2.18. The van der Waals surface area contributed by atoms with E-state index in [0.717, 1.165) is 57.8 Å². The summed E-state index contributed by atoms with van der Waals surface area (Å²) in [7, 11) is 0. The van der Waals surface area contributed by atoms with Crippen LogP contribution in [0.2, 0.25) is 0 Å². The molecular weight excluding hydrogens is 757 g/mol. The van der Waals surface area contributed by atoms with Crippen molar-refractivity contribution < 1.29 is 28.6 Å². The van der Waals surface area contributed by atoms with Crippen molar-refractivity contribution >= 4 is 17.9 Å². The number of hydrogen-bond donors (Lipinski definition) is 0. The van der Waals surface area contributed by atoms with Crippen molar-refractivity contribution in [1.29, 1.82) is 0 Å². The molecule has 0 aromatic carbocycles. The summed E-state index contributed by atoms with van der Waals surface area (Å²) in [4.78, 5) is 38.0. The molecule has 6 heteroatoms. The first-order valence-corrected chi connectivity index (χ1v) is 27.5. The molecule has 0 aliphatic heterocycles. The number of rotatable bonds is 51. The molecule has 0 heterocycles. The molecule has 0 fully saturated rings. The summed E-state index contributed by atoms with van der Waals surface area (Å²) in [5.41, 5.74) is 0. The average molecular weight is 863 g/mol. The highest BCUT2D eigenvalue weighted by molar-refractivity contribution is 5.71. The fraction of sp³-hybridized carbons (Fsp3) is 0.945. The molecule has 0 spiro atoms. The lowest BCUT2D eigenvalue weighted by atomic mass is 10.0. The number of unbranched alkanes of at least 4 members (excludes halogenated alkanes) is 40. The monoisotopic (exact) mass is 863 g/mol. The highest BCUT2D eigenvalue weighted by atomic mass is 16.6. The van der Waals surface area contributed by atoms with Crippen LogP contribution in [0, 0.1) is 0 Å². The van der Waals surface area contributed by atoms with Gasteiger partial charge in [-0.15, -0.1) is 0 Å². The molecule has 0 N–H and O–H groups in total. The van der Waals surface area contributed by atoms with E-state index in [-0.39, 0.29) is 31.1 Å². The zero-order chi connectivity index (χ0) is 44.4. The maximum Gasteiger partial charge on any atom is 0.306 e. The molecule has 0 saturated carbocycles. The molecule has 0 amide bonds. The quantitative estimate of drug-likeness (QED) is 0.0344. The Bertz CT molecular complexity index is 905. The molecule has 0 radical (unpaired) electrons. The number of esters is 3. The molecule has 0 aliphatic rings. The molecule has 61 heavy (non-hydrogen) atoms. The molecule has 0 unspecified atom stereocenters. The Morgan fingerprint density at radius 1 is 0.262 bits per heavy atom. The normalized spacial score (nSPS) is 11.9. The molecule has 6 nitrogen and oxygen atoms in total. The van der Waals surface area contributed by atoms with Gasteiger partial charge in [0.1, 0.15) is 13.2 Å². The van der Waals surface area contributed by atoms with E-state index in [4.69, 9.17) is 14.2 Å². The molecule has 0 aromatic rings. The van der Waals surface area contributed by atoms with Gasteiger partial charge >= 0.3 is 17.9 Å². The van der Waals surface area contributed by atoms with Crippen molar-refractivity contribution in [3.8, 4) is 0 Å². The van der Waals surface area contributed by atoms with Crippen LogP contribution in [0.25, 0.3) is 0 Å². The Labute approximate surface area is 380 Å². The van der Waals surface area contributed by atoms with Gasteiger partial charge in [-0.05, 0) is 19.3 Å². The van der Waals surface area contributed by atoms with Crippen LogP contribution in [0.15, 0.2) is 0 Å². The van der Waals surface area contributed by atoms with E-state index >= 15 is 0 Å². The SMILES string of the molecule is CCCCCCCCCCCCCCCCCCCC(=O)OC[C@H](COC(=O)CCCCCCCCCCCCCCC)OC(=O)CCCCCCCCCCCCCCC. The standard InChI is InChI=1S/C55H106O6/c1-4-7-10-13-16-19-22-25-26-27-28-31-33-36-39-42-45-48-54(57)60-51-52(61-55(58)49-46-43-40-37-34-30-24-21-18-15-12-9-6-3)50-59-53(56)47-44-41-38-35-32-29-23-20-17-14-11-8-5-2/h52H,4-51H2,1-3H3/t52-/m0/s1. The van der Waals surface area contributed by atoms with Crippen molar-refractivity contribution in [2.75, 3.05) is 13.2 Å². The molecule has 1 atom stereocenters. The summed E-state index contributed by atoms with van der Waals surface area (Å²) in [5, 5.41) is 0. The second kappa shape index (κ2) is 51.0. The molecule has 0 saturated heterocycles. The molecule has 0 rings (SSSR count). The van der Waals surface area contributed by atoms with Gasteiger partial charge in [0, 0.05) is 19.3 Å². The van der Waals surface area contributed by atoms with Crippen LogP contribution in [-0.2, 0) is 28.6 Å². The Morgan fingerprint density at radius 3 is 0.656 bits per heavy atom. The fourth-order valence-corrected chi connectivity index (χ4v) is 8.45. The molecule has 362 valence electrons. The Hall–Kier alpha value is -1.59. The first kappa shape index (κ1) is 59.4. The van der Waals surface area contributed by atoms with E-state index < -0.39 is 6.10 Å². The highest BCUT2D eigenvalue weighted by Gasteiger charge is 2.19. The third-order valence-electron chi connectivity index (χ3n) is 12.6. The zero-order valence-corrected chi connectivity index (χ0v) is 41.5. The predicted octanol–water partition coefficient (Wildman–Crippen LogP) is 18.0. The molecular formula is C55H106O6. The minimum absolute atomic E-state index is 0.0614. The molecule has 0 bridgehead atoms. The average Bonchev–Trinajstić information content (AvgIpc) is 3.26. The van der Waals surface area contributed by atoms with Gasteiger partial charge in [0.05, 0.1) is 0 Å². The van der Waals surface area contributed by atoms with Gasteiger partial charge in [0.2, 0.25) is 0 Å². The predicted molar refractivity (Wildman–Crippen MR) is 261 cm³/mol. The summed E-state index contributed by atoms with van der Waals surface area (Å²) in [6.07, 6.45) is 55.1. The second-order valence-electron chi connectivity index (χ2n) is 18.9. The Morgan fingerprint density at radius 2 is 0.443 bits per heavy atom. The van der Waals surface area contributed by atoms with E-state index in [2.05, 4.69) is 20.8 Å². The van der Waals surface area contributed by atoms with Crippen LogP contribution >= 0.6 is 0 Å². The number of ether oxygens (including phenoxy) is 3. The summed E-state index contributed by atoms with van der Waals surface area (Å²) < 4.78 is 16.8. The summed E-state index contributed by atoms with van der Waals surface area (Å²) in [5.74, 6) is -0.836. The number of carbonyl (C=O) groups excluding carboxylic acids is 3. The van der Waals surface area contributed by atoms with Gasteiger partial charge in [0.25, 0.3) is 0 Å². The Kier molecular flexibility index (Phi) is 49.7. The second-order valence-corrected chi connectivity index (χ2v) is 18.9. The van der Waals surface area contributed by atoms with E-state index in [0.29, 0.717) is 19.3 Å². The van der Waals surface area contributed by atoms with Crippen molar-refractivity contribution in [2.45, 2.75) is 322 Å².